The molecule has 0 radical (unpaired) electrons. The Morgan fingerprint density at radius 2 is 1.95 bits per heavy atom. The van der Waals surface area contributed by atoms with E-state index in [9.17, 15) is 4.79 Å². The Labute approximate surface area is 120 Å². The molecule has 1 N–H and O–H groups in total. The van der Waals surface area contributed by atoms with E-state index >= 15 is 0 Å². The highest BCUT2D eigenvalue weighted by atomic mass is 16.2. The molecule has 1 aromatic rings. The topological polar surface area (TPSA) is 50.2 Å². The van der Waals surface area contributed by atoms with Crippen LogP contribution in [0.4, 0.5) is 0 Å². The summed E-state index contributed by atoms with van der Waals surface area (Å²) in [7, 11) is 0. The van der Waals surface area contributed by atoms with Gasteiger partial charge < -0.3 is 10.2 Å². The lowest BCUT2D eigenvalue weighted by atomic mass is 9.92. The van der Waals surface area contributed by atoms with Crippen LogP contribution < -0.4 is 5.32 Å². The predicted octanol–water partition coefficient (Wildman–Crippen LogP) is 1.54. The first-order valence-electron chi connectivity index (χ1n) is 7.70. The minimum atomic E-state index is 0.0948. The van der Waals surface area contributed by atoms with Crippen LogP contribution in [-0.4, -0.2) is 46.8 Å². The summed E-state index contributed by atoms with van der Waals surface area (Å²) in [6.07, 6.45) is 4.14. The second-order valence-corrected chi connectivity index (χ2v) is 6.32. The van der Waals surface area contributed by atoms with E-state index in [0.717, 1.165) is 50.9 Å². The molecular formula is C15H24N4O. The molecule has 0 spiro atoms. The van der Waals surface area contributed by atoms with Gasteiger partial charge in [-0.3, -0.25) is 9.48 Å². The summed E-state index contributed by atoms with van der Waals surface area (Å²) in [5.41, 5.74) is 0.587. The summed E-state index contributed by atoms with van der Waals surface area (Å²) in [6.45, 7) is 8.12. The van der Waals surface area contributed by atoms with Gasteiger partial charge in [0.1, 0.15) is 5.69 Å². The normalized spacial score (nSPS) is 26.6. The Kier molecular flexibility index (Phi) is 3.78. The number of nitrogens with zero attached hydrogens (tertiary/aromatic N) is 3. The number of amides is 1. The van der Waals surface area contributed by atoms with E-state index in [2.05, 4.69) is 24.3 Å². The molecule has 1 amide bonds. The van der Waals surface area contributed by atoms with Gasteiger partial charge in [-0.25, -0.2) is 0 Å². The van der Waals surface area contributed by atoms with E-state index in [1.54, 1.807) is 0 Å². The lowest BCUT2D eigenvalue weighted by Crippen LogP contribution is -2.33. The Bertz CT molecular complexity index is 468. The van der Waals surface area contributed by atoms with E-state index in [1.807, 2.05) is 21.8 Å². The highest BCUT2D eigenvalue weighted by Crippen LogP contribution is 2.27. The summed E-state index contributed by atoms with van der Waals surface area (Å²) in [4.78, 5) is 14.5. The third-order valence-electron chi connectivity index (χ3n) is 4.66. The summed E-state index contributed by atoms with van der Waals surface area (Å²) in [5.74, 6) is 1.60. The standard InChI is InChI=1S/C15H24N4O/c1-11(2)19-8-5-14(17-19)15(20)18-6-3-12-9-16-10-13(12)4-7-18/h5,8,11-13,16H,3-4,6-7,9-10H2,1-2H3/t12-,13+. The number of fused-ring (bicyclic) bond motifs is 1. The molecule has 0 saturated carbocycles. The van der Waals surface area contributed by atoms with Crippen molar-refractivity contribution in [2.24, 2.45) is 11.8 Å². The zero-order chi connectivity index (χ0) is 14.1. The minimum absolute atomic E-state index is 0.0948. The van der Waals surface area contributed by atoms with Gasteiger partial charge in [-0.05, 0) is 57.7 Å². The zero-order valence-electron chi connectivity index (χ0n) is 12.4. The van der Waals surface area contributed by atoms with Gasteiger partial charge in [0.15, 0.2) is 0 Å². The van der Waals surface area contributed by atoms with Crippen LogP contribution in [0, 0.1) is 11.8 Å². The highest BCUT2D eigenvalue weighted by molar-refractivity contribution is 5.92. The molecule has 1 aromatic heterocycles. The molecule has 0 bridgehead atoms. The molecule has 0 unspecified atom stereocenters. The van der Waals surface area contributed by atoms with Gasteiger partial charge in [-0.1, -0.05) is 0 Å². The fourth-order valence-corrected chi connectivity index (χ4v) is 3.32. The second kappa shape index (κ2) is 5.56. The smallest absolute Gasteiger partial charge is 0.274 e. The largest absolute Gasteiger partial charge is 0.337 e. The van der Waals surface area contributed by atoms with Gasteiger partial charge in [-0.15, -0.1) is 0 Å². The summed E-state index contributed by atoms with van der Waals surface area (Å²) >= 11 is 0. The molecule has 2 saturated heterocycles. The predicted molar refractivity (Wildman–Crippen MR) is 77.6 cm³/mol. The van der Waals surface area contributed by atoms with Crippen LogP contribution in [0.5, 0.6) is 0 Å². The van der Waals surface area contributed by atoms with E-state index in [1.165, 1.54) is 0 Å². The van der Waals surface area contributed by atoms with Crippen LogP contribution in [0.3, 0.4) is 0 Å². The Morgan fingerprint density at radius 3 is 2.50 bits per heavy atom. The fraction of sp³-hybridized carbons (Fsp3) is 0.733. The molecule has 0 aromatic carbocycles. The molecule has 20 heavy (non-hydrogen) atoms. The maximum absolute atomic E-state index is 12.5. The maximum Gasteiger partial charge on any atom is 0.274 e. The van der Waals surface area contributed by atoms with Crippen molar-refractivity contribution >= 4 is 5.91 Å². The molecule has 3 rings (SSSR count). The van der Waals surface area contributed by atoms with Crippen LogP contribution in [0.2, 0.25) is 0 Å². The first-order valence-corrected chi connectivity index (χ1v) is 7.70. The SMILES string of the molecule is CC(C)n1ccc(C(=O)N2CC[C@@H]3CNC[C@@H]3CC2)n1. The number of rotatable bonds is 2. The van der Waals surface area contributed by atoms with Crippen molar-refractivity contribution in [3.8, 4) is 0 Å². The van der Waals surface area contributed by atoms with E-state index in [4.69, 9.17) is 0 Å². The van der Waals surface area contributed by atoms with Crippen LogP contribution in [-0.2, 0) is 0 Å². The van der Waals surface area contributed by atoms with Crippen molar-refractivity contribution in [2.45, 2.75) is 32.7 Å². The molecule has 110 valence electrons. The van der Waals surface area contributed by atoms with E-state index < -0.39 is 0 Å². The van der Waals surface area contributed by atoms with Crippen LogP contribution in [0.25, 0.3) is 0 Å². The monoisotopic (exact) mass is 276 g/mol. The first-order chi connectivity index (χ1) is 9.65. The molecule has 0 aliphatic carbocycles. The van der Waals surface area contributed by atoms with Crippen molar-refractivity contribution in [1.29, 1.82) is 0 Å². The summed E-state index contributed by atoms with van der Waals surface area (Å²) in [5, 5.41) is 7.87. The molecule has 2 atom stereocenters. The average molecular weight is 276 g/mol. The van der Waals surface area contributed by atoms with Crippen LogP contribution >= 0.6 is 0 Å². The van der Waals surface area contributed by atoms with Crippen molar-refractivity contribution in [2.75, 3.05) is 26.2 Å². The maximum atomic E-state index is 12.5. The van der Waals surface area contributed by atoms with Crippen molar-refractivity contribution in [1.82, 2.24) is 20.0 Å². The first kappa shape index (κ1) is 13.6. The van der Waals surface area contributed by atoms with Crippen molar-refractivity contribution < 1.29 is 4.79 Å². The lowest BCUT2D eigenvalue weighted by molar-refractivity contribution is 0.0751. The average Bonchev–Trinajstić information content (AvgIpc) is 3.04. The van der Waals surface area contributed by atoms with Gasteiger partial charge in [0.2, 0.25) is 0 Å². The molecule has 3 heterocycles. The molecular weight excluding hydrogens is 252 g/mol. The quantitative estimate of drug-likeness (QED) is 0.891. The van der Waals surface area contributed by atoms with Gasteiger partial charge in [0, 0.05) is 25.3 Å². The highest BCUT2D eigenvalue weighted by Gasteiger charge is 2.32. The number of hydrogen-bond acceptors (Lipinski definition) is 3. The summed E-state index contributed by atoms with van der Waals surface area (Å²) in [6, 6.07) is 2.14. The molecule has 2 aliphatic rings. The third-order valence-corrected chi connectivity index (χ3v) is 4.66. The molecule has 5 nitrogen and oxygen atoms in total. The number of nitrogens with one attached hydrogen (secondary N) is 1. The molecule has 2 fully saturated rings. The van der Waals surface area contributed by atoms with Crippen LogP contribution in [0.15, 0.2) is 12.3 Å². The molecule has 2 aliphatic heterocycles. The molecule has 5 heteroatoms. The van der Waals surface area contributed by atoms with E-state index in [-0.39, 0.29) is 5.91 Å². The number of likely N-dealkylation sites (tertiary alicyclic amines) is 1. The third kappa shape index (κ3) is 2.59. The number of aromatic nitrogens is 2. The Balaban J connectivity index is 1.67. The van der Waals surface area contributed by atoms with Gasteiger partial charge in [0.25, 0.3) is 5.91 Å². The Hall–Kier alpha value is -1.36. The van der Waals surface area contributed by atoms with Gasteiger partial charge >= 0.3 is 0 Å². The van der Waals surface area contributed by atoms with Gasteiger partial charge in [0.05, 0.1) is 0 Å². The summed E-state index contributed by atoms with van der Waals surface area (Å²) < 4.78 is 1.85. The van der Waals surface area contributed by atoms with Crippen molar-refractivity contribution in [3.05, 3.63) is 18.0 Å². The van der Waals surface area contributed by atoms with Crippen LogP contribution in [0.1, 0.15) is 43.2 Å². The van der Waals surface area contributed by atoms with Crippen molar-refractivity contribution in [3.63, 3.8) is 0 Å². The second-order valence-electron chi connectivity index (χ2n) is 6.32. The number of carbonyl (C=O) groups excluding carboxylic acids is 1. The Morgan fingerprint density at radius 1 is 1.30 bits per heavy atom. The van der Waals surface area contributed by atoms with E-state index in [0.29, 0.717) is 11.7 Å². The number of carbonyl (C=O) groups is 1. The van der Waals surface area contributed by atoms with Gasteiger partial charge in [-0.2, -0.15) is 5.10 Å². The minimum Gasteiger partial charge on any atom is -0.337 e. The number of hydrogen-bond donors (Lipinski definition) is 1. The zero-order valence-corrected chi connectivity index (χ0v) is 12.4. The fourth-order valence-electron chi connectivity index (χ4n) is 3.32. The lowest BCUT2D eigenvalue weighted by Gasteiger charge is -2.19.